The largest absolute Gasteiger partial charge is 0.439 e. The van der Waals surface area contributed by atoms with Gasteiger partial charge in [0.25, 0.3) is 0 Å². The average molecular weight is 381 g/mol. The fourth-order valence-electron chi connectivity index (χ4n) is 3.22. The maximum atomic E-state index is 11.6. The molecule has 0 radical (unpaired) electrons. The van der Waals surface area contributed by atoms with Gasteiger partial charge in [0, 0.05) is 4.88 Å². The number of carbonyl (C=O) groups excluding carboxylic acids is 1. The van der Waals surface area contributed by atoms with Gasteiger partial charge in [-0.05, 0) is 38.5 Å². The summed E-state index contributed by atoms with van der Waals surface area (Å²) in [6.07, 6.45) is 0.0241. The van der Waals surface area contributed by atoms with E-state index in [0.29, 0.717) is 17.4 Å². The Morgan fingerprint density at radius 3 is 2.67 bits per heavy atom. The molecule has 27 heavy (non-hydrogen) atoms. The number of aromatic nitrogens is 1. The molecule has 3 heterocycles. The Kier molecular flexibility index (Phi) is 4.31. The number of nitrogens with zero attached hydrogens (tertiary/aromatic N) is 2. The number of carbonyl (C=O) groups is 1. The third-order valence-electron chi connectivity index (χ3n) is 4.64. The first kappa shape index (κ1) is 17.5. The number of aliphatic imine (C=N–C) groups is 1. The molecule has 0 spiro atoms. The molecule has 0 fully saturated rings. The summed E-state index contributed by atoms with van der Waals surface area (Å²) in [6, 6.07) is 8.89. The van der Waals surface area contributed by atoms with Crippen molar-refractivity contribution in [2.75, 3.05) is 0 Å². The van der Waals surface area contributed by atoms with E-state index in [2.05, 4.69) is 12.1 Å². The topological polar surface area (TPSA) is 90.7 Å². The van der Waals surface area contributed by atoms with Gasteiger partial charge in [0.2, 0.25) is 11.8 Å². The molecule has 1 aliphatic rings. The number of benzene rings is 1. The second-order valence-electron chi connectivity index (χ2n) is 6.53. The van der Waals surface area contributed by atoms with E-state index in [1.54, 1.807) is 11.3 Å². The third kappa shape index (κ3) is 3.04. The first-order chi connectivity index (χ1) is 13.0. The van der Waals surface area contributed by atoms with E-state index in [4.69, 9.17) is 20.0 Å². The second kappa shape index (κ2) is 6.66. The SMILES string of the molecule is Cc1noc2c1-c1sc(C)c(C)c1C(Oc1ccccc1)=NC2CC(N)=O. The van der Waals surface area contributed by atoms with Gasteiger partial charge < -0.3 is 15.0 Å². The molecule has 0 bridgehead atoms. The van der Waals surface area contributed by atoms with Gasteiger partial charge in [-0.3, -0.25) is 4.79 Å². The fraction of sp³-hybridized carbons (Fsp3) is 0.250. The van der Waals surface area contributed by atoms with Gasteiger partial charge >= 0.3 is 0 Å². The van der Waals surface area contributed by atoms with Crippen LogP contribution in [0.1, 0.15) is 39.9 Å². The van der Waals surface area contributed by atoms with Crippen molar-refractivity contribution in [1.29, 1.82) is 0 Å². The van der Waals surface area contributed by atoms with Crippen LogP contribution < -0.4 is 10.5 Å². The summed E-state index contributed by atoms with van der Waals surface area (Å²) in [7, 11) is 0. The van der Waals surface area contributed by atoms with Crippen LogP contribution in [-0.4, -0.2) is 17.0 Å². The lowest BCUT2D eigenvalue weighted by Gasteiger charge is -2.12. The van der Waals surface area contributed by atoms with E-state index in [-0.39, 0.29) is 6.42 Å². The number of para-hydroxylation sites is 1. The van der Waals surface area contributed by atoms with E-state index < -0.39 is 11.9 Å². The fourth-order valence-corrected chi connectivity index (χ4v) is 4.48. The van der Waals surface area contributed by atoms with Gasteiger partial charge in [-0.2, -0.15) is 0 Å². The maximum absolute atomic E-state index is 11.6. The Hall–Kier alpha value is -2.93. The zero-order valence-electron chi connectivity index (χ0n) is 15.3. The monoisotopic (exact) mass is 381 g/mol. The lowest BCUT2D eigenvalue weighted by Crippen LogP contribution is -2.17. The number of fused-ring (bicyclic) bond motifs is 3. The van der Waals surface area contributed by atoms with Crippen molar-refractivity contribution in [3.8, 4) is 16.2 Å². The Balaban J connectivity index is 1.94. The molecule has 2 aromatic heterocycles. The van der Waals surface area contributed by atoms with Crippen molar-refractivity contribution < 1.29 is 14.1 Å². The highest BCUT2D eigenvalue weighted by Gasteiger charge is 2.34. The predicted molar refractivity (Wildman–Crippen MR) is 104 cm³/mol. The molecule has 0 saturated carbocycles. The zero-order chi connectivity index (χ0) is 19.1. The summed E-state index contributed by atoms with van der Waals surface area (Å²) in [6.45, 7) is 6.00. The summed E-state index contributed by atoms with van der Waals surface area (Å²) < 4.78 is 11.7. The van der Waals surface area contributed by atoms with Gasteiger partial charge in [-0.1, -0.05) is 23.4 Å². The zero-order valence-corrected chi connectivity index (χ0v) is 16.1. The molecule has 0 saturated heterocycles. The van der Waals surface area contributed by atoms with Gasteiger partial charge in [0.1, 0.15) is 11.8 Å². The number of aryl methyl sites for hydroxylation is 2. The molecule has 3 aromatic rings. The minimum absolute atomic E-state index is 0.0241. The lowest BCUT2D eigenvalue weighted by atomic mass is 10.0. The van der Waals surface area contributed by atoms with E-state index >= 15 is 0 Å². The molecule has 2 N–H and O–H groups in total. The van der Waals surface area contributed by atoms with E-state index in [0.717, 1.165) is 27.3 Å². The summed E-state index contributed by atoms with van der Waals surface area (Å²) >= 11 is 1.65. The van der Waals surface area contributed by atoms with Crippen molar-refractivity contribution in [1.82, 2.24) is 5.16 Å². The number of hydrogen-bond donors (Lipinski definition) is 1. The van der Waals surface area contributed by atoms with Crippen LogP contribution >= 0.6 is 11.3 Å². The Bertz CT molecular complexity index is 1050. The first-order valence-electron chi connectivity index (χ1n) is 8.61. The van der Waals surface area contributed by atoms with Crippen LogP contribution in [0.15, 0.2) is 39.8 Å². The number of primary amides is 1. The third-order valence-corrected chi connectivity index (χ3v) is 5.87. The molecule has 0 aliphatic carbocycles. The average Bonchev–Trinajstić information content (AvgIpc) is 3.10. The Morgan fingerprint density at radius 2 is 1.96 bits per heavy atom. The van der Waals surface area contributed by atoms with E-state index in [1.165, 1.54) is 4.88 Å². The minimum Gasteiger partial charge on any atom is -0.439 e. The van der Waals surface area contributed by atoms with Crippen molar-refractivity contribution in [3.05, 3.63) is 57.8 Å². The van der Waals surface area contributed by atoms with Crippen LogP contribution in [-0.2, 0) is 4.79 Å². The number of ether oxygens (including phenoxy) is 1. The van der Waals surface area contributed by atoms with Crippen molar-refractivity contribution in [2.24, 2.45) is 10.7 Å². The molecule has 4 rings (SSSR count). The van der Waals surface area contributed by atoms with Gasteiger partial charge in [-0.25, -0.2) is 4.99 Å². The number of amides is 1. The first-order valence-corrected chi connectivity index (χ1v) is 9.43. The standard InChI is InChI=1S/C20H19N3O3S/c1-10-12(3)27-19-16(10)20(25-13-7-5-4-6-8-13)22-14(9-15(21)24)18-17(19)11(2)23-26-18/h4-8,14H,9H2,1-3H3,(H2,21,24). The van der Waals surface area contributed by atoms with Crippen LogP contribution in [0.25, 0.3) is 10.4 Å². The molecule has 7 heteroatoms. The molecular weight excluding hydrogens is 362 g/mol. The molecule has 138 valence electrons. The lowest BCUT2D eigenvalue weighted by molar-refractivity contribution is -0.118. The Labute approximate surface area is 160 Å². The molecule has 6 nitrogen and oxygen atoms in total. The van der Waals surface area contributed by atoms with Crippen LogP contribution in [0, 0.1) is 20.8 Å². The maximum Gasteiger partial charge on any atom is 0.224 e. The molecule has 1 amide bonds. The number of rotatable bonds is 3. The molecule has 1 atom stereocenters. The quantitative estimate of drug-likeness (QED) is 0.740. The minimum atomic E-state index is -0.572. The van der Waals surface area contributed by atoms with Gasteiger partial charge in [-0.15, -0.1) is 11.3 Å². The summed E-state index contributed by atoms with van der Waals surface area (Å²) in [5, 5.41) is 4.11. The van der Waals surface area contributed by atoms with Crippen LogP contribution in [0.2, 0.25) is 0 Å². The molecular formula is C20H19N3O3S. The number of hydrogen-bond acceptors (Lipinski definition) is 6. The van der Waals surface area contributed by atoms with Gasteiger partial charge in [0.15, 0.2) is 5.76 Å². The number of thiophene rings is 1. The summed E-state index contributed by atoms with van der Waals surface area (Å²) in [5.74, 6) is 1.24. The van der Waals surface area contributed by atoms with Crippen LogP contribution in [0.5, 0.6) is 5.75 Å². The molecule has 1 unspecified atom stereocenters. The van der Waals surface area contributed by atoms with Crippen molar-refractivity contribution in [3.63, 3.8) is 0 Å². The summed E-state index contributed by atoms with van der Waals surface area (Å²) in [4.78, 5) is 18.6. The molecule has 1 aromatic carbocycles. The highest BCUT2D eigenvalue weighted by Crippen LogP contribution is 2.45. The molecule has 1 aliphatic heterocycles. The normalized spacial score (nSPS) is 15.5. The van der Waals surface area contributed by atoms with Crippen molar-refractivity contribution in [2.45, 2.75) is 33.2 Å². The van der Waals surface area contributed by atoms with Gasteiger partial charge in [0.05, 0.1) is 28.1 Å². The van der Waals surface area contributed by atoms with E-state index in [9.17, 15) is 4.79 Å². The highest BCUT2D eigenvalue weighted by molar-refractivity contribution is 7.16. The number of nitrogens with two attached hydrogens (primary N) is 1. The highest BCUT2D eigenvalue weighted by atomic mass is 32.1. The van der Waals surface area contributed by atoms with Crippen molar-refractivity contribution >= 4 is 23.1 Å². The Morgan fingerprint density at radius 1 is 1.22 bits per heavy atom. The smallest absolute Gasteiger partial charge is 0.224 e. The second-order valence-corrected chi connectivity index (χ2v) is 7.75. The van der Waals surface area contributed by atoms with E-state index in [1.807, 2.05) is 44.2 Å². The predicted octanol–water partition coefficient (Wildman–Crippen LogP) is 4.08. The van der Waals surface area contributed by atoms with Crippen LogP contribution in [0.4, 0.5) is 0 Å². The van der Waals surface area contributed by atoms with Crippen LogP contribution in [0.3, 0.4) is 0 Å². The summed E-state index contributed by atoms with van der Waals surface area (Å²) in [5.41, 5.74) is 9.12.